The van der Waals surface area contributed by atoms with Crippen LogP contribution in [-0.2, 0) is 11.2 Å². The number of nitrogens with one attached hydrogen (secondary N) is 2. The molecule has 0 radical (unpaired) electrons. The number of carbonyl (C=O) groups excluding carboxylic acids is 1. The number of aryl methyl sites for hydroxylation is 1. The molecule has 0 aliphatic heterocycles. The van der Waals surface area contributed by atoms with Gasteiger partial charge < -0.3 is 16.2 Å². The molecule has 2 aromatic carbocycles. The molecule has 186 valence electrons. The number of rotatable bonds is 7. The predicted molar refractivity (Wildman–Crippen MR) is 136 cm³/mol. The Hall–Kier alpha value is -4.07. The average Bonchev–Trinajstić information content (AvgIpc) is 2.85. The summed E-state index contributed by atoms with van der Waals surface area (Å²) >= 11 is 0. The maximum atomic E-state index is 14.3. The van der Waals surface area contributed by atoms with Crippen LogP contribution in [-0.4, -0.2) is 33.7 Å². The maximum absolute atomic E-state index is 14.3. The number of pyridine rings is 1. The van der Waals surface area contributed by atoms with Crippen LogP contribution in [0.2, 0.25) is 0 Å². The van der Waals surface area contributed by atoms with Gasteiger partial charge in [0.2, 0.25) is 0 Å². The molecule has 8 heteroatoms. The van der Waals surface area contributed by atoms with E-state index in [0.29, 0.717) is 47.2 Å². The molecule has 0 bridgehead atoms. The second kappa shape index (κ2) is 10.3. The summed E-state index contributed by atoms with van der Waals surface area (Å²) in [5.74, 6) is -1.78. The van der Waals surface area contributed by atoms with Crippen molar-refractivity contribution in [3.8, 4) is 0 Å². The van der Waals surface area contributed by atoms with E-state index >= 15 is 0 Å². The largest absolute Gasteiger partial charge is 0.481 e. The first-order valence-electron chi connectivity index (χ1n) is 11.9. The summed E-state index contributed by atoms with van der Waals surface area (Å²) in [6.07, 6.45) is 3.53. The van der Waals surface area contributed by atoms with Crippen LogP contribution in [0.15, 0.2) is 60.8 Å². The first-order chi connectivity index (χ1) is 17.2. The van der Waals surface area contributed by atoms with Gasteiger partial charge in [0.25, 0.3) is 5.91 Å². The Morgan fingerprint density at radius 3 is 2.69 bits per heavy atom. The molecule has 0 saturated heterocycles. The number of aliphatic carboxylic acids is 1. The second-order valence-corrected chi connectivity index (χ2v) is 9.48. The van der Waals surface area contributed by atoms with E-state index in [0.717, 1.165) is 5.69 Å². The third-order valence-corrected chi connectivity index (χ3v) is 6.89. The van der Waals surface area contributed by atoms with Crippen molar-refractivity contribution in [1.29, 1.82) is 5.41 Å². The zero-order valence-electron chi connectivity index (χ0n) is 20.1. The Bertz CT molecular complexity index is 1330. The number of amides is 1. The van der Waals surface area contributed by atoms with Crippen molar-refractivity contribution in [2.75, 3.05) is 5.73 Å². The molecule has 1 saturated carbocycles. The van der Waals surface area contributed by atoms with Crippen molar-refractivity contribution < 1.29 is 19.1 Å². The van der Waals surface area contributed by atoms with E-state index in [1.54, 1.807) is 54.7 Å². The molecule has 4 rings (SSSR count). The second-order valence-electron chi connectivity index (χ2n) is 9.48. The molecule has 1 amide bonds. The molecule has 0 spiro atoms. The molecule has 36 heavy (non-hydrogen) atoms. The molecule has 2 unspecified atom stereocenters. The Morgan fingerprint density at radius 1 is 1.19 bits per heavy atom. The van der Waals surface area contributed by atoms with Crippen LogP contribution in [0.25, 0.3) is 0 Å². The van der Waals surface area contributed by atoms with Crippen LogP contribution in [0.3, 0.4) is 0 Å². The van der Waals surface area contributed by atoms with E-state index in [1.807, 2.05) is 6.92 Å². The number of halogens is 1. The van der Waals surface area contributed by atoms with Crippen LogP contribution in [0, 0.1) is 23.6 Å². The molecule has 1 aliphatic rings. The fourth-order valence-corrected chi connectivity index (χ4v) is 4.96. The Labute approximate surface area is 209 Å². The third kappa shape index (κ3) is 5.27. The normalized spacial score (nSPS) is 19.4. The van der Waals surface area contributed by atoms with Crippen LogP contribution in [0.1, 0.15) is 58.4 Å². The Balaban J connectivity index is 1.53. The summed E-state index contributed by atoms with van der Waals surface area (Å²) in [5, 5.41) is 21.6. The number of anilines is 1. The quantitative estimate of drug-likeness (QED) is 0.287. The highest BCUT2D eigenvalue weighted by atomic mass is 19.1. The smallest absolute Gasteiger partial charge is 0.310 e. The number of carboxylic acids is 1. The standard InChI is InChI=1S/C28H29FN4O3/c1-17-13-18(10-12-32-17)25(31)22-14-19(8-9-24(22)30)26(34)33-21-6-4-11-28(16-21,27(35)36)15-20-5-2-3-7-23(20)29/h2-3,5,7-10,12-14,21,31H,4,6,11,15-16,30H2,1H3,(H,33,34)(H,35,36). The van der Waals surface area contributed by atoms with Gasteiger partial charge in [0.05, 0.1) is 11.1 Å². The monoisotopic (exact) mass is 488 g/mol. The maximum Gasteiger partial charge on any atom is 0.310 e. The molecule has 1 fully saturated rings. The zero-order chi connectivity index (χ0) is 25.9. The molecule has 2 atom stereocenters. The van der Waals surface area contributed by atoms with E-state index in [1.165, 1.54) is 6.07 Å². The van der Waals surface area contributed by atoms with Crippen molar-refractivity contribution in [2.24, 2.45) is 5.41 Å². The van der Waals surface area contributed by atoms with E-state index in [9.17, 15) is 19.1 Å². The lowest BCUT2D eigenvalue weighted by Crippen LogP contribution is -2.46. The summed E-state index contributed by atoms with van der Waals surface area (Å²) in [6, 6.07) is 14.1. The van der Waals surface area contributed by atoms with Gasteiger partial charge in [-0.2, -0.15) is 0 Å². The molecule has 3 aromatic rings. The third-order valence-electron chi connectivity index (χ3n) is 6.89. The van der Waals surface area contributed by atoms with Gasteiger partial charge in [0.1, 0.15) is 5.82 Å². The minimum Gasteiger partial charge on any atom is -0.481 e. The van der Waals surface area contributed by atoms with Gasteiger partial charge >= 0.3 is 5.97 Å². The molecular formula is C28H29FN4O3. The van der Waals surface area contributed by atoms with E-state index in [-0.39, 0.29) is 30.5 Å². The Morgan fingerprint density at radius 2 is 1.97 bits per heavy atom. The van der Waals surface area contributed by atoms with Gasteiger partial charge in [-0.1, -0.05) is 24.6 Å². The van der Waals surface area contributed by atoms with Crippen molar-refractivity contribution in [3.05, 3.63) is 94.6 Å². The fourth-order valence-electron chi connectivity index (χ4n) is 4.96. The van der Waals surface area contributed by atoms with Crippen molar-refractivity contribution in [1.82, 2.24) is 10.3 Å². The van der Waals surface area contributed by atoms with Crippen LogP contribution < -0.4 is 11.1 Å². The van der Waals surface area contributed by atoms with E-state index in [4.69, 9.17) is 11.1 Å². The first kappa shape index (κ1) is 25.0. The van der Waals surface area contributed by atoms with Crippen LogP contribution >= 0.6 is 0 Å². The predicted octanol–water partition coefficient (Wildman–Crippen LogP) is 4.51. The highest BCUT2D eigenvalue weighted by Crippen LogP contribution is 2.40. The van der Waals surface area contributed by atoms with Crippen LogP contribution in [0.5, 0.6) is 0 Å². The number of nitrogens with zero attached hydrogens (tertiary/aromatic N) is 1. The topological polar surface area (TPSA) is 129 Å². The van der Waals surface area contributed by atoms with Gasteiger partial charge in [0, 0.05) is 40.3 Å². The van der Waals surface area contributed by atoms with Crippen molar-refractivity contribution in [3.63, 3.8) is 0 Å². The van der Waals surface area contributed by atoms with E-state index in [2.05, 4.69) is 10.3 Å². The van der Waals surface area contributed by atoms with Gasteiger partial charge in [-0.3, -0.25) is 20.0 Å². The van der Waals surface area contributed by atoms with Crippen molar-refractivity contribution >= 4 is 23.3 Å². The number of hydrogen-bond acceptors (Lipinski definition) is 5. The number of hydrogen-bond donors (Lipinski definition) is 4. The lowest BCUT2D eigenvalue weighted by Gasteiger charge is -2.38. The van der Waals surface area contributed by atoms with Gasteiger partial charge in [-0.25, -0.2) is 4.39 Å². The summed E-state index contributed by atoms with van der Waals surface area (Å²) in [7, 11) is 0. The minimum atomic E-state index is -1.16. The Kier molecular flexibility index (Phi) is 7.15. The lowest BCUT2D eigenvalue weighted by molar-refractivity contribution is -0.151. The summed E-state index contributed by atoms with van der Waals surface area (Å²) in [4.78, 5) is 29.6. The first-order valence-corrected chi connectivity index (χ1v) is 11.9. The SMILES string of the molecule is Cc1cc(C(=N)c2cc(C(=O)NC3CCCC(Cc4ccccc4F)(C(=O)O)C3)ccc2N)ccn1. The molecule has 1 heterocycles. The summed E-state index contributed by atoms with van der Waals surface area (Å²) in [6.45, 7) is 1.83. The number of nitrogens with two attached hydrogens (primary N) is 1. The highest BCUT2D eigenvalue weighted by molar-refractivity contribution is 6.14. The van der Waals surface area contributed by atoms with Crippen molar-refractivity contribution in [2.45, 2.75) is 45.1 Å². The number of nitrogen functional groups attached to an aromatic ring is 1. The zero-order valence-corrected chi connectivity index (χ0v) is 20.1. The average molecular weight is 489 g/mol. The number of carboxylic acid groups (broad SMARTS) is 1. The van der Waals surface area contributed by atoms with Gasteiger partial charge in [0.15, 0.2) is 0 Å². The van der Waals surface area contributed by atoms with Crippen LogP contribution in [0.4, 0.5) is 10.1 Å². The molecule has 7 nitrogen and oxygen atoms in total. The molecular weight excluding hydrogens is 459 g/mol. The molecule has 1 aromatic heterocycles. The van der Waals surface area contributed by atoms with E-state index < -0.39 is 17.2 Å². The summed E-state index contributed by atoms with van der Waals surface area (Å²) in [5.41, 5.74) is 8.03. The number of benzene rings is 2. The highest BCUT2D eigenvalue weighted by Gasteiger charge is 2.43. The van der Waals surface area contributed by atoms with Gasteiger partial charge in [-0.05, 0) is 74.6 Å². The summed E-state index contributed by atoms with van der Waals surface area (Å²) < 4.78 is 14.3. The van der Waals surface area contributed by atoms with Gasteiger partial charge in [-0.15, -0.1) is 0 Å². The number of carbonyl (C=O) groups is 2. The molecule has 1 aliphatic carbocycles. The fraction of sp³-hybridized carbons (Fsp3) is 0.286. The number of aromatic nitrogens is 1. The lowest BCUT2D eigenvalue weighted by atomic mass is 9.68. The minimum absolute atomic E-state index is 0.0654. The molecule has 5 N–H and O–H groups in total.